The highest BCUT2D eigenvalue weighted by atomic mass is 16.4. The summed E-state index contributed by atoms with van der Waals surface area (Å²) in [5.41, 5.74) is 2.03. The summed E-state index contributed by atoms with van der Waals surface area (Å²) in [5.74, 6) is -8.65. The Labute approximate surface area is 226 Å². The Morgan fingerprint density at radius 1 is 1.08 bits per heavy atom. The molecule has 10 nitrogen and oxygen atoms in total. The van der Waals surface area contributed by atoms with Crippen LogP contribution in [0.15, 0.2) is 29.0 Å². The van der Waals surface area contributed by atoms with Gasteiger partial charge in [0.25, 0.3) is 5.91 Å². The number of benzene rings is 1. The number of rotatable bonds is 3. The summed E-state index contributed by atoms with van der Waals surface area (Å²) in [7, 11) is 2.96. The van der Waals surface area contributed by atoms with Crippen LogP contribution in [0, 0.1) is 11.8 Å². The number of Topliss-reactive ketones (excluding diaryl/α,β-unsaturated/α-hetero) is 2. The lowest BCUT2D eigenvalue weighted by molar-refractivity contribution is -0.169. The number of hydrogen-bond acceptors (Lipinski definition) is 9. The molecule has 0 spiro atoms. The van der Waals surface area contributed by atoms with Crippen LogP contribution in [0.4, 0.5) is 0 Å². The number of likely N-dealkylation sites (N-methyl/N-ethyl adjacent to an activating group) is 1. The maximum atomic E-state index is 14.1. The molecule has 0 unspecified atom stereocenters. The van der Waals surface area contributed by atoms with Gasteiger partial charge >= 0.3 is 0 Å². The summed E-state index contributed by atoms with van der Waals surface area (Å²) in [6, 6.07) is 2.26. The number of aliphatic hydroxyl groups excluding tert-OH is 3. The van der Waals surface area contributed by atoms with Crippen molar-refractivity contribution in [2.75, 3.05) is 14.1 Å². The summed E-state index contributed by atoms with van der Waals surface area (Å²) < 4.78 is 0. The Bertz CT molecular complexity index is 1350. The molecule has 0 radical (unpaired) electrons. The second-order valence-corrected chi connectivity index (χ2v) is 12.1. The van der Waals surface area contributed by atoms with Gasteiger partial charge in [-0.3, -0.25) is 19.3 Å². The maximum absolute atomic E-state index is 14.1. The highest BCUT2D eigenvalue weighted by Crippen LogP contribution is 2.57. The first-order valence-corrected chi connectivity index (χ1v) is 13.4. The summed E-state index contributed by atoms with van der Waals surface area (Å²) in [4.78, 5) is 40.9. The zero-order valence-electron chi connectivity index (χ0n) is 22.6. The Morgan fingerprint density at radius 2 is 1.69 bits per heavy atom. The average Bonchev–Trinajstić information content (AvgIpc) is 2.86. The third kappa shape index (κ3) is 3.47. The number of nitrogens with two attached hydrogens (primary N) is 1. The van der Waals surface area contributed by atoms with E-state index >= 15 is 0 Å². The Balaban J connectivity index is 1.76. The normalized spacial score (nSPS) is 34.1. The fourth-order valence-electron chi connectivity index (χ4n) is 7.70. The number of carbonyl (C=O) groups is 3. The van der Waals surface area contributed by atoms with Crippen molar-refractivity contribution in [3.05, 3.63) is 45.7 Å². The molecule has 0 heterocycles. The minimum atomic E-state index is -2.91. The van der Waals surface area contributed by atoms with Crippen LogP contribution in [0.5, 0.6) is 5.75 Å². The van der Waals surface area contributed by atoms with E-state index in [1.54, 1.807) is 13.0 Å². The van der Waals surface area contributed by atoms with E-state index in [0.717, 1.165) is 32.1 Å². The van der Waals surface area contributed by atoms with Gasteiger partial charge in [-0.1, -0.05) is 45.2 Å². The number of ketones is 2. The van der Waals surface area contributed by atoms with Gasteiger partial charge in [-0.25, -0.2) is 0 Å². The second kappa shape index (κ2) is 8.90. The number of fused-ring (bicyclic) bond motifs is 3. The number of hydrogen-bond donors (Lipinski definition) is 6. The molecular weight excluding hydrogens is 504 g/mol. The average molecular weight is 541 g/mol. The minimum absolute atomic E-state index is 0.0512. The molecule has 4 aliphatic carbocycles. The van der Waals surface area contributed by atoms with Crippen molar-refractivity contribution < 1.29 is 39.9 Å². The SMILES string of the molecule is C[C@H]1c2ccc(C3(C)CCCCC3)c(O)c2C(O)=C2C(=O)[C@]3(O)C(O)=C(C(N)=O)C(=O)[C@@H](N(C)C)[C@@H]3[C@@H](O)[C@@H]21. The molecule has 6 atom stereocenters. The molecule has 2 saturated carbocycles. The van der Waals surface area contributed by atoms with E-state index in [9.17, 15) is 39.9 Å². The Morgan fingerprint density at radius 3 is 2.26 bits per heavy atom. The number of phenols is 1. The molecule has 0 saturated heterocycles. The van der Waals surface area contributed by atoms with E-state index in [4.69, 9.17) is 5.73 Å². The van der Waals surface area contributed by atoms with Crippen LogP contribution in [-0.2, 0) is 19.8 Å². The standard InChI is InChI=1S/C29H36N2O8/c1-12-13-8-9-14(28(2)10-6-5-7-11-28)21(32)16(13)22(33)17-15(12)23(34)19-20(31(3)4)24(35)18(27(30)38)26(37)29(19,39)25(17)36/h8-9,12,15,19-20,23,32-34,37,39H,5-7,10-11H2,1-4H3,(H2,30,38)/t12-,15+,19+,20-,23-,29-/m0/s1. The molecule has 1 aromatic carbocycles. The van der Waals surface area contributed by atoms with Crippen LogP contribution in [-0.4, -0.2) is 79.7 Å². The van der Waals surface area contributed by atoms with Crippen LogP contribution in [0.3, 0.4) is 0 Å². The molecular formula is C29H36N2O8. The highest BCUT2D eigenvalue weighted by molar-refractivity contribution is 6.24. The van der Waals surface area contributed by atoms with Crippen molar-refractivity contribution in [3.8, 4) is 5.75 Å². The van der Waals surface area contributed by atoms with Crippen LogP contribution < -0.4 is 5.73 Å². The number of primary amides is 1. The Hall–Kier alpha value is -3.21. The predicted molar refractivity (Wildman–Crippen MR) is 141 cm³/mol. The van der Waals surface area contributed by atoms with Gasteiger partial charge in [0.15, 0.2) is 11.4 Å². The second-order valence-electron chi connectivity index (χ2n) is 12.1. The van der Waals surface area contributed by atoms with Crippen LogP contribution in [0.2, 0.25) is 0 Å². The molecule has 4 aliphatic rings. The van der Waals surface area contributed by atoms with Crippen molar-refractivity contribution in [3.63, 3.8) is 0 Å². The zero-order valence-corrected chi connectivity index (χ0v) is 22.6. The summed E-state index contributed by atoms with van der Waals surface area (Å²) >= 11 is 0. The number of amides is 1. The lowest BCUT2D eigenvalue weighted by Crippen LogP contribution is -2.70. The third-order valence-corrected chi connectivity index (χ3v) is 9.74. The fraction of sp³-hybridized carbons (Fsp3) is 0.552. The first-order chi connectivity index (χ1) is 18.2. The monoisotopic (exact) mass is 540 g/mol. The van der Waals surface area contributed by atoms with E-state index in [2.05, 4.69) is 6.92 Å². The minimum Gasteiger partial charge on any atom is -0.508 e. The van der Waals surface area contributed by atoms with Gasteiger partial charge < -0.3 is 31.3 Å². The van der Waals surface area contributed by atoms with E-state index in [1.807, 2.05) is 6.07 Å². The number of nitrogens with zero attached hydrogens (tertiary/aromatic N) is 1. The van der Waals surface area contributed by atoms with Crippen molar-refractivity contribution in [1.82, 2.24) is 4.90 Å². The molecule has 0 aliphatic heterocycles. The summed E-state index contributed by atoms with van der Waals surface area (Å²) in [5, 5.41) is 57.5. The van der Waals surface area contributed by atoms with Gasteiger partial charge in [0, 0.05) is 17.1 Å². The maximum Gasteiger partial charge on any atom is 0.255 e. The smallest absolute Gasteiger partial charge is 0.255 e. The third-order valence-electron chi connectivity index (χ3n) is 9.74. The van der Waals surface area contributed by atoms with E-state index in [1.165, 1.54) is 19.0 Å². The van der Waals surface area contributed by atoms with Crippen molar-refractivity contribution in [2.45, 2.75) is 75.0 Å². The summed E-state index contributed by atoms with van der Waals surface area (Å²) in [6.07, 6.45) is 3.19. The lowest BCUT2D eigenvalue weighted by atomic mass is 9.54. The molecule has 5 rings (SSSR count). The summed E-state index contributed by atoms with van der Waals surface area (Å²) in [6.45, 7) is 3.79. The molecule has 10 heteroatoms. The van der Waals surface area contributed by atoms with Gasteiger partial charge in [-0.15, -0.1) is 0 Å². The Kier molecular flexibility index (Phi) is 6.25. The van der Waals surface area contributed by atoms with E-state index < -0.39 is 70.1 Å². The molecule has 0 aromatic heterocycles. The fourth-order valence-corrected chi connectivity index (χ4v) is 7.70. The van der Waals surface area contributed by atoms with E-state index in [0.29, 0.717) is 11.1 Å². The first-order valence-electron chi connectivity index (χ1n) is 13.4. The number of phenolic OH excluding ortho intramolecular Hbond substituents is 1. The van der Waals surface area contributed by atoms with Crippen molar-refractivity contribution in [1.29, 1.82) is 0 Å². The number of aliphatic hydroxyl groups is 4. The molecule has 7 N–H and O–H groups in total. The number of aromatic hydroxyl groups is 1. The molecule has 2 fully saturated rings. The van der Waals surface area contributed by atoms with Gasteiger partial charge in [-0.2, -0.15) is 0 Å². The van der Waals surface area contributed by atoms with Crippen LogP contribution in [0.25, 0.3) is 5.76 Å². The zero-order chi connectivity index (χ0) is 28.8. The van der Waals surface area contributed by atoms with Gasteiger partial charge in [0.1, 0.15) is 22.8 Å². The molecule has 1 amide bonds. The molecule has 39 heavy (non-hydrogen) atoms. The molecule has 1 aromatic rings. The van der Waals surface area contributed by atoms with Gasteiger partial charge in [0.05, 0.1) is 23.6 Å². The topological polar surface area (TPSA) is 182 Å². The molecule has 210 valence electrons. The van der Waals surface area contributed by atoms with Crippen LogP contribution >= 0.6 is 0 Å². The largest absolute Gasteiger partial charge is 0.508 e. The van der Waals surface area contributed by atoms with Crippen molar-refractivity contribution >= 4 is 23.2 Å². The van der Waals surface area contributed by atoms with Gasteiger partial charge in [-0.05, 0) is 43.8 Å². The lowest BCUT2D eigenvalue weighted by Gasteiger charge is -2.53. The van der Waals surface area contributed by atoms with Crippen LogP contribution in [0.1, 0.15) is 68.6 Å². The highest BCUT2D eigenvalue weighted by Gasteiger charge is 2.68. The quantitative estimate of drug-likeness (QED) is 0.311. The first kappa shape index (κ1) is 27.4. The van der Waals surface area contributed by atoms with Gasteiger partial charge in [0.2, 0.25) is 5.78 Å². The number of carbonyl (C=O) groups excluding carboxylic acids is 3. The molecule has 0 bridgehead atoms. The van der Waals surface area contributed by atoms with E-state index in [-0.39, 0.29) is 22.3 Å². The predicted octanol–water partition coefficient (Wildman–Crippen LogP) is 1.72. The van der Waals surface area contributed by atoms with Crippen molar-refractivity contribution in [2.24, 2.45) is 17.6 Å².